The van der Waals surface area contributed by atoms with Gasteiger partial charge in [-0.2, -0.15) is 0 Å². The predicted molar refractivity (Wildman–Crippen MR) is 88.1 cm³/mol. The van der Waals surface area contributed by atoms with E-state index in [9.17, 15) is 14.3 Å². The van der Waals surface area contributed by atoms with E-state index in [0.29, 0.717) is 30.7 Å². The lowest BCUT2D eigenvalue weighted by atomic mass is 9.86. The maximum Gasteiger partial charge on any atom is 0.336 e. The van der Waals surface area contributed by atoms with Crippen LogP contribution in [0.3, 0.4) is 0 Å². The molecular formula is C19H24FNO3. The molecule has 1 aliphatic heterocycles. The molecule has 24 heavy (non-hydrogen) atoms. The number of fused-ring (bicyclic) bond motifs is 1. The second kappa shape index (κ2) is 6.36. The zero-order valence-corrected chi connectivity index (χ0v) is 13.8. The first-order valence-electron chi connectivity index (χ1n) is 9.10. The molecule has 0 amide bonds. The van der Waals surface area contributed by atoms with E-state index >= 15 is 0 Å². The van der Waals surface area contributed by atoms with E-state index in [1.807, 2.05) is 0 Å². The van der Waals surface area contributed by atoms with Crippen LogP contribution in [0.4, 0.5) is 4.39 Å². The first-order valence-corrected chi connectivity index (χ1v) is 9.10. The zero-order valence-electron chi connectivity index (χ0n) is 13.8. The Hall–Kier alpha value is -1.62. The van der Waals surface area contributed by atoms with Crippen LogP contribution in [0.15, 0.2) is 12.1 Å². The lowest BCUT2D eigenvalue weighted by molar-refractivity contribution is 0.00894. The molecular weight excluding hydrogens is 309 g/mol. The van der Waals surface area contributed by atoms with Crippen molar-refractivity contribution < 1.29 is 19.0 Å². The van der Waals surface area contributed by atoms with Gasteiger partial charge in [-0.3, -0.25) is 4.90 Å². The Bertz CT molecular complexity index is 638. The van der Waals surface area contributed by atoms with Crippen LogP contribution in [0, 0.1) is 5.82 Å². The zero-order chi connectivity index (χ0) is 16.7. The second-order valence-electron chi connectivity index (χ2n) is 7.35. The average Bonchev–Trinajstić information content (AvgIpc) is 3.04. The molecule has 0 spiro atoms. The Labute approximate surface area is 141 Å². The third-order valence-corrected chi connectivity index (χ3v) is 5.97. The van der Waals surface area contributed by atoms with Crippen molar-refractivity contribution in [2.24, 2.45) is 0 Å². The molecule has 4 rings (SSSR count). The highest BCUT2D eigenvalue weighted by Gasteiger charge is 2.39. The Morgan fingerprint density at radius 2 is 1.75 bits per heavy atom. The Morgan fingerprint density at radius 3 is 2.33 bits per heavy atom. The quantitative estimate of drug-likeness (QED) is 0.914. The third kappa shape index (κ3) is 2.69. The largest absolute Gasteiger partial charge is 0.489 e. The average molecular weight is 333 g/mol. The lowest BCUT2D eigenvalue weighted by Gasteiger charge is -2.47. The van der Waals surface area contributed by atoms with Crippen molar-refractivity contribution in [2.75, 3.05) is 6.61 Å². The summed E-state index contributed by atoms with van der Waals surface area (Å²) < 4.78 is 19.8. The van der Waals surface area contributed by atoms with Crippen LogP contribution >= 0.6 is 0 Å². The number of ether oxygens (including phenoxy) is 1. The van der Waals surface area contributed by atoms with Gasteiger partial charge in [0, 0.05) is 23.7 Å². The summed E-state index contributed by atoms with van der Waals surface area (Å²) in [5, 5.41) is 9.44. The number of carboxylic acids is 1. The number of rotatable bonds is 4. The van der Waals surface area contributed by atoms with Crippen molar-refractivity contribution >= 4 is 5.97 Å². The van der Waals surface area contributed by atoms with Gasteiger partial charge in [-0.05, 0) is 44.2 Å². The molecule has 3 aliphatic rings. The van der Waals surface area contributed by atoms with Crippen LogP contribution in [0.2, 0.25) is 0 Å². The number of hydrogen-bond donors (Lipinski definition) is 1. The van der Waals surface area contributed by atoms with Gasteiger partial charge in [-0.15, -0.1) is 0 Å². The van der Waals surface area contributed by atoms with Gasteiger partial charge >= 0.3 is 5.97 Å². The maximum atomic E-state index is 14.0. The number of benzene rings is 1. The van der Waals surface area contributed by atoms with Crippen molar-refractivity contribution in [2.45, 2.75) is 69.5 Å². The molecule has 0 saturated heterocycles. The van der Waals surface area contributed by atoms with E-state index in [0.717, 1.165) is 0 Å². The highest BCUT2D eigenvalue weighted by molar-refractivity contribution is 5.90. The van der Waals surface area contributed by atoms with Gasteiger partial charge in [-0.25, -0.2) is 9.18 Å². The molecule has 0 radical (unpaired) electrons. The predicted octanol–water partition coefficient (Wildman–Crippen LogP) is 3.62. The van der Waals surface area contributed by atoms with Gasteiger partial charge < -0.3 is 9.84 Å². The summed E-state index contributed by atoms with van der Waals surface area (Å²) in [6, 6.07) is 3.89. The van der Waals surface area contributed by atoms with Gasteiger partial charge in [0.2, 0.25) is 0 Å². The molecule has 1 aromatic rings. The van der Waals surface area contributed by atoms with E-state index in [1.165, 1.54) is 57.1 Å². The molecule has 1 unspecified atom stereocenters. The van der Waals surface area contributed by atoms with E-state index in [-0.39, 0.29) is 17.4 Å². The molecule has 4 nitrogen and oxygen atoms in total. The molecule has 0 aromatic heterocycles. The number of carbonyl (C=O) groups is 1. The fourth-order valence-corrected chi connectivity index (χ4v) is 4.61. The molecule has 1 atom stereocenters. The first kappa shape index (κ1) is 15.9. The molecule has 2 fully saturated rings. The van der Waals surface area contributed by atoms with Crippen LogP contribution in [0.25, 0.3) is 0 Å². The van der Waals surface area contributed by atoms with E-state index < -0.39 is 11.8 Å². The fraction of sp³-hybridized carbons (Fsp3) is 0.632. The Balaban J connectivity index is 1.64. The number of hydrogen-bond acceptors (Lipinski definition) is 3. The second-order valence-corrected chi connectivity index (χ2v) is 7.35. The van der Waals surface area contributed by atoms with Gasteiger partial charge in [-0.1, -0.05) is 19.3 Å². The monoisotopic (exact) mass is 333 g/mol. The van der Waals surface area contributed by atoms with Gasteiger partial charge in [0.15, 0.2) is 11.6 Å². The molecule has 0 bridgehead atoms. The molecule has 2 saturated carbocycles. The molecule has 5 heteroatoms. The minimum absolute atomic E-state index is 0.145. The molecule has 1 heterocycles. The summed E-state index contributed by atoms with van der Waals surface area (Å²) in [7, 11) is 0. The van der Waals surface area contributed by atoms with Crippen LogP contribution in [0.1, 0.15) is 60.9 Å². The lowest BCUT2D eigenvalue weighted by Crippen LogP contribution is -2.55. The highest BCUT2D eigenvalue weighted by Crippen LogP contribution is 2.39. The van der Waals surface area contributed by atoms with Crippen molar-refractivity contribution in [1.82, 2.24) is 4.90 Å². The first-order chi connectivity index (χ1) is 11.6. The minimum Gasteiger partial charge on any atom is -0.489 e. The number of aromatic carboxylic acids is 1. The summed E-state index contributed by atoms with van der Waals surface area (Å²) in [4.78, 5) is 14.1. The molecule has 1 N–H and O–H groups in total. The van der Waals surface area contributed by atoms with E-state index in [1.54, 1.807) is 0 Å². The van der Waals surface area contributed by atoms with Crippen molar-refractivity contribution in [1.29, 1.82) is 0 Å². The van der Waals surface area contributed by atoms with Crippen LogP contribution < -0.4 is 4.74 Å². The van der Waals surface area contributed by atoms with Crippen LogP contribution in [0.5, 0.6) is 5.75 Å². The van der Waals surface area contributed by atoms with Crippen LogP contribution in [-0.2, 0) is 6.42 Å². The smallest absolute Gasteiger partial charge is 0.336 e. The summed E-state index contributed by atoms with van der Waals surface area (Å²) in [5.41, 5.74) is 0.706. The maximum absolute atomic E-state index is 14.0. The van der Waals surface area contributed by atoms with E-state index in [2.05, 4.69) is 4.90 Å². The number of nitrogens with zero attached hydrogens (tertiary/aromatic N) is 1. The standard InChI is InChI=1S/C19H24FNO3/c20-17-9-8-15(19(22)23)16-10-14(11-24-18(16)17)21(13-6-3-7-13)12-4-1-2-5-12/h8-9,12-14H,1-7,10-11H2,(H,22,23). The summed E-state index contributed by atoms with van der Waals surface area (Å²) >= 11 is 0. The summed E-state index contributed by atoms with van der Waals surface area (Å²) in [6.07, 6.45) is 9.25. The summed E-state index contributed by atoms with van der Waals surface area (Å²) in [5.74, 6) is -1.32. The topological polar surface area (TPSA) is 49.8 Å². The number of carboxylic acid groups (broad SMARTS) is 1. The highest BCUT2D eigenvalue weighted by atomic mass is 19.1. The fourth-order valence-electron chi connectivity index (χ4n) is 4.61. The van der Waals surface area contributed by atoms with Crippen molar-refractivity contribution in [3.63, 3.8) is 0 Å². The van der Waals surface area contributed by atoms with Gasteiger partial charge in [0.25, 0.3) is 0 Å². The SMILES string of the molecule is O=C(O)c1ccc(F)c2c1CC(N(C1CCCC1)C1CCC1)CO2. The van der Waals surface area contributed by atoms with E-state index in [4.69, 9.17) is 4.74 Å². The summed E-state index contributed by atoms with van der Waals surface area (Å²) in [6.45, 7) is 0.458. The van der Waals surface area contributed by atoms with Gasteiger partial charge in [0.1, 0.15) is 6.61 Å². The third-order valence-electron chi connectivity index (χ3n) is 5.97. The van der Waals surface area contributed by atoms with Crippen molar-refractivity contribution in [3.8, 4) is 5.75 Å². The molecule has 130 valence electrons. The number of halogens is 1. The minimum atomic E-state index is -1.01. The van der Waals surface area contributed by atoms with Gasteiger partial charge in [0.05, 0.1) is 5.56 Å². The molecule has 2 aliphatic carbocycles. The Kier molecular flexibility index (Phi) is 4.21. The molecule has 1 aromatic carbocycles. The van der Waals surface area contributed by atoms with Crippen LogP contribution in [-0.4, -0.2) is 40.7 Å². The Morgan fingerprint density at radius 1 is 1.08 bits per heavy atom. The van der Waals surface area contributed by atoms with Crippen molar-refractivity contribution in [3.05, 3.63) is 29.1 Å². The normalized spacial score (nSPS) is 24.5.